The molecule has 1 unspecified atom stereocenters. The fourth-order valence-electron chi connectivity index (χ4n) is 5.89. The molecular weight excluding hydrogens is 456 g/mol. The molecule has 3 fully saturated rings. The highest BCUT2D eigenvalue weighted by Crippen LogP contribution is 2.65. The van der Waals surface area contributed by atoms with Crippen molar-refractivity contribution in [3.8, 4) is 6.07 Å². The van der Waals surface area contributed by atoms with Gasteiger partial charge in [0.25, 0.3) is 0 Å². The van der Waals surface area contributed by atoms with Crippen LogP contribution in [0.15, 0.2) is 30.5 Å². The summed E-state index contributed by atoms with van der Waals surface area (Å²) in [4.78, 5) is 29.4. The van der Waals surface area contributed by atoms with E-state index in [2.05, 4.69) is 40.7 Å². The van der Waals surface area contributed by atoms with E-state index in [1.165, 1.54) is 0 Å². The van der Waals surface area contributed by atoms with Crippen LogP contribution in [0.2, 0.25) is 0 Å². The topological polar surface area (TPSA) is 120 Å². The minimum atomic E-state index is -0.974. The Hall–Kier alpha value is -3.09. The van der Waals surface area contributed by atoms with Crippen molar-refractivity contribution in [2.75, 3.05) is 19.8 Å². The third-order valence-corrected chi connectivity index (χ3v) is 8.20. The van der Waals surface area contributed by atoms with Gasteiger partial charge in [-0.3, -0.25) is 14.9 Å². The van der Waals surface area contributed by atoms with Crippen molar-refractivity contribution in [3.63, 3.8) is 0 Å². The van der Waals surface area contributed by atoms with Crippen molar-refractivity contribution in [1.29, 1.82) is 5.26 Å². The number of benzene rings is 1. The molecule has 190 valence electrons. The van der Waals surface area contributed by atoms with Crippen LogP contribution in [0, 0.1) is 34.0 Å². The molecule has 2 aliphatic heterocycles. The first-order valence-corrected chi connectivity index (χ1v) is 12.6. The Morgan fingerprint density at radius 3 is 2.61 bits per heavy atom. The highest BCUT2D eigenvalue weighted by atomic mass is 16.5. The molecule has 9 nitrogen and oxygen atoms in total. The molecule has 5 rings (SSSR count). The predicted octanol–water partition coefficient (Wildman–Crippen LogP) is 2.20. The second-order valence-corrected chi connectivity index (χ2v) is 12.0. The number of aromatic nitrogens is 2. The lowest BCUT2D eigenvalue weighted by Crippen LogP contribution is -2.62. The summed E-state index contributed by atoms with van der Waals surface area (Å²) in [5.41, 5.74) is 0.0294. The third-order valence-electron chi connectivity index (χ3n) is 8.20. The monoisotopic (exact) mass is 490 g/mol. The summed E-state index contributed by atoms with van der Waals surface area (Å²) in [5.74, 6) is -0.0897. The number of rotatable bonds is 6. The fourth-order valence-corrected chi connectivity index (χ4v) is 5.89. The number of hydrogen-bond donors (Lipinski definition) is 2. The first-order valence-electron chi connectivity index (χ1n) is 12.6. The first-order chi connectivity index (χ1) is 17.0. The molecule has 2 amide bonds. The zero-order valence-corrected chi connectivity index (χ0v) is 21.5. The summed E-state index contributed by atoms with van der Waals surface area (Å²) in [6, 6.07) is 7.77. The minimum absolute atomic E-state index is 0.0351. The number of nitrogens with zero attached hydrogens (tertiary/aromatic N) is 4. The van der Waals surface area contributed by atoms with Gasteiger partial charge in [0.1, 0.15) is 11.7 Å². The molecular formula is C27H34N6O3. The number of piperidine rings is 1. The van der Waals surface area contributed by atoms with E-state index >= 15 is 0 Å². The Morgan fingerprint density at radius 1 is 1.25 bits per heavy atom. The van der Waals surface area contributed by atoms with E-state index in [4.69, 9.17) is 4.74 Å². The van der Waals surface area contributed by atoms with Crippen molar-refractivity contribution < 1.29 is 14.3 Å². The molecule has 1 aromatic carbocycles. The van der Waals surface area contributed by atoms with Gasteiger partial charge in [-0.25, -0.2) is 0 Å². The van der Waals surface area contributed by atoms with Crippen LogP contribution in [-0.2, 0) is 14.3 Å². The van der Waals surface area contributed by atoms with Gasteiger partial charge in [-0.2, -0.15) is 15.5 Å². The van der Waals surface area contributed by atoms with Gasteiger partial charge in [-0.1, -0.05) is 58.9 Å². The number of carbonyl (C=O) groups is 2. The molecule has 36 heavy (non-hydrogen) atoms. The number of nitriles is 1. The summed E-state index contributed by atoms with van der Waals surface area (Å²) in [6.45, 7) is 12.1. The summed E-state index contributed by atoms with van der Waals surface area (Å²) < 4.78 is 5.30. The van der Waals surface area contributed by atoms with Gasteiger partial charge in [0.15, 0.2) is 6.04 Å². The average molecular weight is 491 g/mol. The van der Waals surface area contributed by atoms with Crippen LogP contribution in [-0.4, -0.2) is 64.8 Å². The second-order valence-electron chi connectivity index (χ2n) is 12.0. The molecule has 5 atom stereocenters. The lowest BCUT2D eigenvalue weighted by atomic mass is 9.84. The number of amides is 2. The summed E-state index contributed by atoms with van der Waals surface area (Å²) in [6.07, 6.45) is 1.64. The predicted molar refractivity (Wildman–Crippen MR) is 133 cm³/mol. The van der Waals surface area contributed by atoms with Gasteiger partial charge in [-0.05, 0) is 22.7 Å². The van der Waals surface area contributed by atoms with Crippen molar-refractivity contribution >= 4 is 22.6 Å². The molecule has 3 heterocycles. The fraction of sp³-hybridized carbons (Fsp3) is 0.593. The van der Waals surface area contributed by atoms with E-state index in [0.717, 1.165) is 10.8 Å². The maximum atomic E-state index is 13.9. The second kappa shape index (κ2) is 8.79. The van der Waals surface area contributed by atoms with Crippen molar-refractivity contribution in [3.05, 3.63) is 36.2 Å². The number of nitrogens with one attached hydrogen (secondary N) is 2. The van der Waals surface area contributed by atoms with E-state index in [1.807, 2.05) is 45.0 Å². The molecule has 2 aromatic rings. The molecule has 3 aliphatic rings. The zero-order valence-electron chi connectivity index (χ0n) is 21.5. The van der Waals surface area contributed by atoms with Crippen LogP contribution in [0.4, 0.5) is 0 Å². The number of carbonyl (C=O) groups excluding carboxylic acids is 2. The lowest BCUT2D eigenvalue weighted by Gasteiger charge is -2.41. The molecule has 1 saturated carbocycles. The Balaban J connectivity index is 1.41. The highest BCUT2D eigenvalue weighted by Gasteiger charge is 2.69. The van der Waals surface area contributed by atoms with E-state index in [1.54, 1.807) is 11.1 Å². The maximum Gasteiger partial charge on any atom is 0.244 e. The third kappa shape index (κ3) is 4.12. The van der Waals surface area contributed by atoms with Gasteiger partial charge in [0, 0.05) is 17.3 Å². The van der Waals surface area contributed by atoms with Crippen molar-refractivity contribution in [2.45, 2.75) is 58.8 Å². The summed E-state index contributed by atoms with van der Waals surface area (Å²) in [5, 5.41) is 26.2. The van der Waals surface area contributed by atoms with Crippen LogP contribution in [0.1, 0.15) is 46.4 Å². The lowest BCUT2D eigenvalue weighted by molar-refractivity contribution is -0.145. The van der Waals surface area contributed by atoms with E-state index in [9.17, 15) is 14.9 Å². The normalized spacial score (nSPS) is 26.4. The molecule has 1 aromatic heterocycles. The van der Waals surface area contributed by atoms with Crippen LogP contribution < -0.4 is 10.6 Å². The quantitative estimate of drug-likeness (QED) is 0.637. The molecule has 0 bridgehead atoms. The van der Waals surface area contributed by atoms with E-state index in [0.29, 0.717) is 25.5 Å². The zero-order chi connectivity index (χ0) is 25.8. The molecule has 1 aliphatic carbocycles. The Labute approximate surface area is 211 Å². The maximum absolute atomic E-state index is 13.9. The molecule has 9 heteroatoms. The molecule has 0 spiro atoms. The van der Waals surface area contributed by atoms with Gasteiger partial charge in [0.05, 0.1) is 37.6 Å². The average Bonchev–Trinajstić information content (AvgIpc) is 3.14. The van der Waals surface area contributed by atoms with Crippen LogP contribution in [0.3, 0.4) is 0 Å². The summed E-state index contributed by atoms with van der Waals surface area (Å²) >= 11 is 0. The van der Waals surface area contributed by atoms with Crippen molar-refractivity contribution in [1.82, 2.24) is 25.7 Å². The Morgan fingerprint density at radius 2 is 1.97 bits per heavy atom. The van der Waals surface area contributed by atoms with Crippen LogP contribution in [0.25, 0.3) is 10.8 Å². The number of hydrogen-bond acceptors (Lipinski definition) is 7. The van der Waals surface area contributed by atoms with Crippen LogP contribution >= 0.6 is 0 Å². The Kier molecular flexibility index (Phi) is 6.00. The highest BCUT2D eigenvalue weighted by molar-refractivity contribution is 5.93. The largest absolute Gasteiger partial charge is 0.378 e. The smallest absolute Gasteiger partial charge is 0.244 e. The summed E-state index contributed by atoms with van der Waals surface area (Å²) in [7, 11) is 0. The SMILES string of the molecule is CC(C)(C)[C@H](NC1COC1)C(=O)N1C[C@H]2[C@@H]([C@H]1C(=O)NC(C#N)c1nncc3ccccc13)C2(C)C. The van der Waals surface area contributed by atoms with Crippen LogP contribution in [0.5, 0.6) is 0 Å². The van der Waals surface area contributed by atoms with E-state index in [-0.39, 0.29) is 40.5 Å². The number of ether oxygens (including phenoxy) is 1. The van der Waals surface area contributed by atoms with Gasteiger partial charge in [0.2, 0.25) is 11.8 Å². The Bertz CT molecular complexity index is 1220. The number of likely N-dealkylation sites (tertiary alicyclic amines) is 1. The standard InChI is InChI=1S/C27H34N6O3/c1-26(2,3)23(30-16-13-36-14-16)25(35)33-12-18-20(27(18,4)5)22(33)24(34)31-19(10-28)21-17-9-7-6-8-15(17)11-29-32-21/h6-9,11,16,18-20,22-23,30H,12-14H2,1-5H3,(H,31,34)/t18-,19?,20-,22-,23+/m0/s1. The molecule has 2 saturated heterocycles. The first kappa shape index (κ1) is 24.6. The molecule has 0 radical (unpaired) electrons. The van der Waals surface area contributed by atoms with Gasteiger partial charge in [-0.15, -0.1) is 0 Å². The molecule has 2 N–H and O–H groups in total. The van der Waals surface area contributed by atoms with Crippen molar-refractivity contribution in [2.24, 2.45) is 22.7 Å². The minimum Gasteiger partial charge on any atom is -0.378 e. The van der Waals surface area contributed by atoms with Gasteiger partial charge >= 0.3 is 0 Å². The van der Waals surface area contributed by atoms with E-state index < -0.39 is 18.1 Å². The number of fused-ring (bicyclic) bond motifs is 2. The van der Waals surface area contributed by atoms with Gasteiger partial charge < -0.3 is 15.0 Å².